The lowest BCUT2D eigenvalue weighted by Gasteiger charge is -2.19. The Hall–Kier alpha value is -2.22. The van der Waals surface area contributed by atoms with Gasteiger partial charge in [-0.15, -0.1) is 0 Å². The molecule has 1 aliphatic carbocycles. The van der Waals surface area contributed by atoms with Crippen LogP contribution in [0.5, 0.6) is 0 Å². The van der Waals surface area contributed by atoms with E-state index in [-0.39, 0.29) is 24.4 Å². The van der Waals surface area contributed by atoms with Crippen LogP contribution in [-0.2, 0) is 11.3 Å². The molecule has 3 heterocycles. The number of imide groups is 1. The molecule has 7 nitrogen and oxygen atoms in total. The maximum atomic E-state index is 12.5. The number of carbonyl (C=O) groups excluding carboxylic acids is 2. The molecule has 0 bridgehead atoms. The highest BCUT2D eigenvalue weighted by Gasteiger charge is 2.52. The quantitative estimate of drug-likeness (QED) is 0.876. The summed E-state index contributed by atoms with van der Waals surface area (Å²) in [6.07, 6.45) is 3.33. The summed E-state index contributed by atoms with van der Waals surface area (Å²) in [5.41, 5.74) is 0.164. The number of thiophene rings is 1. The Bertz CT molecular complexity index is 718. The molecule has 1 N–H and O–H groups in total. The third-order valence-electron chi connectivity index (χ3n) is 4.24. The van der Waals surface area contributed by atoms with Crippen molar-refractivity contribution in [2.75, 3.05) is 0 Å². The van der Waals surface area contributed by atoms with Crippen molar-refractivity contribution in [1.82, 2.24) is 20.4 Å². The summed E-state index contributed by atoms with van der Waals surface area (Å²) in [6.45, 7) is 0.0174. The SMILES string of the molecule is O=C1NC2(CCCC2)C(=O)N1Cc1nc(-c2ccsc2)no1. The molecule has 3 amide bonds. The summed E-state index contributed by atoms with van der Waals surface area (Å²) in [5.74, 6) is 0.559. The van der Waals surface area contributed by atoms with Gasteiger partial charge in [0.05, 0.1) is 0 Å². The van der Waals surface area contributed by atoms with Crippen LogP contribution in [0.25, 0.3) is 11.4 Å². The lowest BCUT2D eigenvalue weighted by Crippen LogP contribution is -2.44. The molecule has 1 aliphatic heterocycles. The fourth-order valence-corrected chi connectivity index (χ4v) is 3.73. The van der Waals surface area contributed by atoms with Crippen LogP contribution in [-0.4, -0.2) is 32.5 Å². The summed E-state index contributed by atoms with van der Waals surface area (Å²) in [4.78, 5) is 30.1. The molecule has 22 heavy (non-hydrogen) atoms. The van der Waals surface area contributed by atoms with Crippen molar-refractivity contribution in [2.45, 2.75) is 37.8 Å². The second-order valence-electron chi connectivity index (χ2n) is 5.63. The van der Waals surface area contributed by atoms with E-state index in [4.69, 9.17) is 4.52 Å². The fourth-order valence-electron chi connectivity index (χ4n) is 3.10. The van der Waals surface area contributed by atoms with Gasteiger partial charge in [0.2, 0.25) is 11.7 Å². The maximum Gasteiger partial charge on any atom is 0.325 e. The van der Waals surface area contributed by atoms with E-state index in [2.05, 4.69) is 15.5 Å². The highest BCUT2D eigenvalue weighted by atomic mass is 32.1. The standard InChI is InChI=1S/C14H14N4O3S/c19-12-14(4-1-2-5-14)16-13(20)18(12)7-10-15-11(17-21-10)9-3-6-22-8-9/h3,6,8H,1-2,4-5,7H2,(H,16,20). The molecule has 114 valence electrons. The van der Waals surface area contributed by atoms with Gasteiger partial charge in [-0.2, -0.15) is 16.3 Å². The molecule has 2 aliphatic rings. The first kappa shape index (κ1) is 13.4. The van der Waals surface area contributed by atoms with Crippen molar-refractivity contribution < 1.29 is 14.1 Å². The maximum absolute atomic E-state index is 12.5. The van der Waals surface area contributed by atoms with E-state index in [0.717, 1.165) is 18.4 Å². The number of amides is 3. The number of hydrogen-bond acceptors (Lipinski definition) is 6. The summed E-state index contributed by atoms with van der Waals surface area (Å²) in [6, 6.07) is 1.52. The number of hydrogen-bond donors (Lipinski definition) is 1. The predicted molar refractivity (Wildman–Crippen MR) is 77.9 cm³/mol. The van der Waals surface area contributed by atoms with Crippen molar-refractivity contribution in [1.29, 1.82) is 0 Å². The minimum Gasteiger partial charge on any atom is -0.337 e. The second kappa shape index (κ2) is 4.91. The van der Waals surface area contributed by atoms with Crippen molar-refractivity contribution in [3.05, 3.63) is 22.7 Å². The molecule has 4 rings (SSSR count). The topological polar surface area (TPSA) is 88.3 Å². The van der Waals surface area contributed by atoms with Crippen LogP contribution in [0.3, 0.4) is 0 Å². The van der Waals surface area contributed by atoms with Crippen molar-refractivity contribution in [3.63, 3.8) is 0 Å². The summed E-state index contributed by atoms with van der Waals surface area (Å²) in [7, 11) is 0. The van der Waals surface area contributed by atoms with Crippen molar-refractivity contribution >= 4 is 23.3 Å². The molecule has 8 heteroatoms. The molecular formula is C14H14N4O3S. The second-order valence-corrected chi connectivity index (χ2v) is 6.41. The van der Waals surface area contributed by atoms with E-state index >= 15 is 0 Å². The Morgan fingerprint density at radius 1 is 1.36 bits per heavy atom. The zero-order chi connectivity index (χ0) is 15.2. The average molecular weight is 318 g/mol. The zero-order valence-electron chi connectivity index (χ0n) is 11.7. The highest BCUT2D eigenvalue weighted by Crippen LogP contribution is 2.35. The van der Waals surface area contributed by atoms with E-state index in [0.29, 0.717) is 18.7 Å². The molecule has 0 radical (unpaired) electrons. The molecule has 1 saturated carbocycles. The molecule has 2 aromatic rings. The molecule has 0 unspecified atom stereocenters. The number of urea groups is 1. The molecule has 2 fully saturated rings. The zero-order valence-corrected chi connectivity index (χ0v) is 12.6. The monoisotopic (exact) mass is 318 g/mol. The van der Waals surface area contributed by atoms with Crippen LogP contribution in [0, 0.1) is 0 Å². The van der Waals surface area contributed by atoms with Gasteiger partial charge in [-0.05, 0) is 24.3 Å². The van der Waals surface area contributed by atoms with E-state index in [1.165, 1.54) is 16.2 Å². The molecule has 2 aromatic heterocycles. The third kappa shape index (κ3) is 2.02. The van der Waals surface area contributed by atoms with Gasteiger partial charge in [-0.25, -0.2) is 4.79 Å². The van der Waals surface area contributed by atoms with Crippen molar-refractivity contribution in [2.24, 2.45) is 0 Å². The van der Waals surface area contributed by atoms with E-state index in [1.807, 2.05) is 16.8 Å². The van der Waals surface area contributed by atoms with Crippen LogP contribution in [0.4, 0.5) is 4.79 Å². The van der Waals surface area contributed by atoms with E-state index < -0.39 is 5.54 Å². The highest BCUT2D eigenvalue weighted by molar-refractivity contribution is 7.08. The number of nitrogens with one attached hydrogen (secondary N) is 1. The summed E-state index contributed by atoms with van der Waals surface area (Å²) < 4.78 is 5.17. The lowest BCUT2D eigenvalue weighted by atomic mass is 9.98. The van der Waals surface area contributed by atoms with Gasteiger partial charge in [0.15, 0.2) is 0 Å². The summed E-state index contributed by atoms with van der Waals surface area (Å²) >= 11 is 1.54. The lowest BCUT2D eigenvalue weighted by molar-refractivity contribution is -0.131. The minimum atomic E-state index is -0.701. The van der Waals surface area contributed by atoms with E-state index in [9.17, 15) is 9.59 Å². The largest absolute Gasteiger partial charge is 0.337 e. The van der Waals surface area contributed by atoms with Crippen molar-refractivity contribution in [3.8, 4) is 11.4 Å². The molecule has 0 aromatic carbocycles. The molecular weight excluding hydrogens is 304 g/mol. The summed E-state index contributed by atoms with van der Waals surface area (Å²) in [5, 5.41) is 10.6. The Morgan fingerprint density at radius 2 is 2.18 bits per heavy atom. The average Bonchev–Trinajstić information content (AvgIpc) is 3.25. The Kier molecular flexibility index (Phi) is 3.00. The number of aromatic nitrogens is 2. The van der Waals surface area contributed by atoms with Gasteiger partial charge in [-0.3, -0.25) is 9.69 Å². The van der Waals surface area contributed by atoms with Crippen LogP contribution in [0.2, 0.25) is 0 Å². The van der Waals surface area contributed by atoms with Gasteiger partial charge >= 0.3 is 6.03 Å². The predicted octanol–water partition coefficient (Wildman–Crippen LogP) is 2.16. The minimum absolute atomic E-state index is 0.0174. The first-order chi connectivity index (χ1) is 10.7. The molecule has 0 atom stereocenters. The fraction of sp³-hybridized carbons (Fsp3) is 0.429. The van der Waals surface area contributed by atoms with Crippen LogP contribution in [0.1, 0.15) is 31.6 Å². The Labute approximate surface area is 130 Å². The molecule has 1 spiro atoms. The molecule has 1 saturated heterocycles. The van der Waals surface area contributed by atoms with Gasteiger partial charge in [-0.1, -0.05) is 18.0 Å². The van der Waals surface area contributed by atoms with Gasteiger partial charge in [0.25, 0.3) is 5.91 Å². The van der Waals surface area contributed by atoms with Gasteiger partial charge in [0.1, 0.15) is 12.1 Å². The number of rotatable bonds is 3. The first-order valence-electron chi connectivity index (χ1n) is 7.17. The van der Waals surface area contributed by atoms with Crippen LogP contribution >= 0.6 is 11.3 Å². The van der Waals surface area contributed by atoms with Crippen LogP contribution < -0.4 is 5.32 Å². The number of nitrogens with zero attached hydrogens (tertiary/aromatic N) is 3. The van der Waals surface area contributed by atoms with Gasteiger partial charge < -0.3 is 9.84 Å². The third-order valence-corrected chi connectivity index (χ3v) is 4.93. The normalized spacial score (nSPS) is 20.1. The van der Waals surface area contributed by atoms with E-state index in [1.54, 1.807) is 0 Å². The first-order valence-corrected chi connectivity index (χ1v) is 8.11. The Balaban J connectivity index is 1.54. The van der Waals surface area contributed by atoms with Gasteiger partial charge in [0, 0.05) is 10.9 Å². The number of carbonyl (C=O) groups is 2. The smallest absolute Gasteiger partial charge is 0.325 e. The van der Waals surface area contributed by atoms with Crippen LogP contribution in [0.15, 0.2) is 21.3 Å². The Morgan fingerprint density at radius 3 is 2.91 bits per heavy atom.